The van der Waals surface area contributed by atoms with Crippen molar-refractivity contribution in [2.75, 3.05) is 11.9 Å². The third-order valence-electron chi connectivity index (χ3n) is 9.34. The summed E-state index contributed by atoms with van der Waals surface area (Å²) >= 11 is 12.8. The predicted octanol–water partition coefficient (Wildman–Crippen LogP) is 6.84. The van der Waals surface area contributed by atoms with Crippen LogP contribution in [0.3, 0.4) is 0 Å². The first kappa shape index (κ1) is 28.5. The zero-order chi connectivity index (χ0) is 30.9. The molecule has 3 aliphatic rings. The maximum absolute atomic E-state index is 16.2. The standard InChI is InChI=1S/C33H26Cl2FN5O3/c1-17(4-3-12-37)16-41-26-11-13-40-25-10-7-18(31(42)43)14-24(25)38-30(40)27(26)28(20-5-2-6-22(35)29(20)36)33(41)21-9-8-19(34)15-23(21)39-32(33)44/h2,5-10,14-15,26-28H,1,3-4,11,13,16H2,(H,39,44)(H,42,43)/t26-,27+,28-,33+/m0/s1. The first-order valence-electron chi connectivity index (χ1n) is 14.3. The molecule has 1 saturated heterocycles. The van der Waals surface area contributed by atoms with Gasteiger partial charge in [0, 0.05) is 53.7 Å². The van der Waals surface area contributed by atoms with Crippen molar-refractivity contribution in [2.45, 2.75) is 49.2 Å². The van der Waals surface area contributed by atoms with Crippen LogP contribution in [0.25, 0.3) is 11.0 Å². The second-order valence-corrected chi connectivity index (χ2v) is 12.4. The number of amides is 1. The average Bonchev–Trinajstić information content (AvgIpc) is 3.61. The zero-order valence-corrected chi connectivity index (χ0v) is 24.9. The molecule has 7 rings (SSSR count). The number of hydrogen-bond donors (Lipinski definition) is 2. The normalized spacial score (nSPS) is 23.7. The summed E-state index contributed by atoms with van der Waals surface area (Å²) in [6.45, 7) is 5.10. The molecule has 2 N–H and O–H groups in total. The van der Waals surface area contributed by atoms with Gasteiger partial charge in [0.1, 0.15) is 17.2 Å². The Bertz CT molecular complexity index is 1950. The van der Waals surface area contributed by atoms with Gasteiger partial charge in [0.25, 0.3) is 0 Å². The molecule has 0 unspecified atom stereocenters. The number of rotatable bonds is 6. The third kappa shape index (κ3) is 4.02. The quantitative estimate of drug-likeness (QED) is 0.226. The summed E-state index contributed by atoms with van der Waals surface area (Å²) in [6.07, 6.45) is 1.33. The van der Waals surface area contributed by atoms with Crippen LogP contribution in [0.2, 0.25) is 10.0 Å². The topological polar surface area (TPSA) is 111 Å². The van der Waals surface area contributed by atoms with Gasteiger partial charge >= 0.3 is 5.97 Å². The molecule has 4 atom stereocenters. The highest BCUT2D eigenvalue weighted by molar-refractivity contribution is 6.31. The Morgan fingerprint density at radius 1 is 1.23 bits per heavy atom. The summed E-state index contributed by atoms with van der Waals surface area (Å²) in [5.74, 6) is -2.63. The second-order valence-electron chi connectivity index (χ2n) is 11.6. The lowest BCUT2D eigenvalue weighted by Crippen LogP contribution is -2.52. The Balaban J connectivity index is 1.53. The molecule has 0 bridgehead atoms. The fourth-order valence-electron chi connectivity index (χ4n) is 7.66. The van der Waals surface area contributed by atoms with Gasteiger partial charge in [-0.05, 0) is 54.8 Å². The predicted molar refractivity (Wildman–Crippen MR) is 164 cm³/mol. The highest BCUT2D eigenvalue weighted by atomic mass is 35.5. The molecule has 3 aromatic carbocycles. The maximum atomic E-state index is 16.2. The van der Waals surface area contributed by atoms with E-state index < -0.39 is 29.2 Å². The molecule has 0 aliphatic carbocycles. The van der Waals surface area contributed by atoms with Crippen molar-refractivity contribution in [3.63, 3.8) is 0 Å². The summed E-state index contributed by atoms with van der Waals surface area (Å²) in [5, 5.41) is 22.3. The lowest BCUT2D eigenvalue weighted by atomic mass is 9.70. The van der Waals surface area contributed by atoms with Crippen LogP contribution in [-0.2, 0) is 16.9 Å². The van der Waals surface area contributed by atoms with Crippen molar-refractivity contribution in [3.8, 4) is 6.07 Å². The number of imidazole rings is 1. The summed E-state index contributed by atoms with van der Waals surface area (Å²) in [7, 11) is 0. The van der Waals surface area contributed by atoms with Crippen molar-refractivity contribution < 1.29 is 19.1 Å². The molecular formula is C33H26Cl2FN5O3. The van der Waals surface area contributed by atoms with E-state index in [2.05, 4.69) is 27.4 Å². The van der Waals surface area contributed by atoms with E-state index in [9.17, 15) is 20.0 Å². The molecule has 1 spiro atoms. The molecule has 44 heavy (non-hydrogen) atoms. The molecule has 0 saturated carbocycles. The van der Waals surface area contributed by atoms with E-state index in [4.69, 9.17) is 28.2 Å². The van der Waals surface area contributed by atoms with E-state index in [0.29, 0.717) is 53.5 Å². The number of carbonyl (C=O) groups excluding carboxylic acids is 1. The molecule has 11 heteroatoms. The van der Waals surface area contributed by atoms with E-state index >= 15 is 4.39 Å². The number of carboxylic acid groups (broad SMARTS) is 1. The van der Waals surface area contributed by atoms with Gasteiger partial charge in [0.15, 0.2) is 0 Å². The molecule has 4 aromatic rings. The Labute approximate surface area is 262 Å². The highest BCUT2D eigenvalue weighted by Crippen LogP contribution is 2.64. The van der Waals surface area contributed by atoms with Crippen molar-refractivity contribution in [1.29, 1.82) is 5.26 Å². The minimum atomic E-state index is -1.39. The third-order valence-corrected chi connectivity index (χ3v) is 9.86. The van der Waals surface area contributed by atoms with Crippen LogP contribution < -0.4 is 5.32 Å². The molecule has 1 fully saturated rings. The molecule has 4 heterocycles. The minimum absolute atomic E-state index is 0.0590. The summed E-state index contributed by atoms with van der Waals surface area (Å²) in [5.41, 5.74) is 2.26. The number of halogens is 3. The summed E-state index contributed by atoms with van der Waals surface area (Å²) < 4.78 is 18.3. The molecule has 222 valence electrons. The van der Waals surface area contributed by atoms with Gasteiger partial charge in [0.05, 0.1) is 27.7 Å². The van der Waals surface area contributed by atoms with E-state index in [0.717, 1.165) is 11.1 Å². The largest absolute Gasteiger partial charge is 0.478 e. The number of benzene rings is 3. The van der Waals surface area contributed by atoms with Crippen LogP contribution in [0.5, 0.6) is 0 Å². The molecule has 1 amide bonds. The van der Waals surface area contributed by atoms with Gasteiger partial charge in [-0.25, -0.2) is 14.2 Å². The van der Waals surface area contributed by atoms with Gasteiger partial charge < -0.3 is 15.0 Å². The number of fused-ring (bicyclic) bond motifs is 7. The fourth-order valence-corrected chi connectivity index (χ4v) is 8.02. The van der Waals surface area contributed by atoms with Gasteiger partial charge in [0.2, 0.25) is 5.91 Å². The number of nitrogens with one attached hydrogen (secondary N) is 1. The number of likely N-dealkylation sites (tertiary alicyclic amines) is 1. The van der Waals surface area contributed by atoms with Crippen molar-refractivity contribution in [3.05, 3.63) is 105 Å². The lowest BCUT2D eigenvalue weighted by molar-refractivity contribution is -0.127. The number of hydrogen-bond acceptors (Lipinski definition) is 5. The fraction of sp³-hybridized carbons (Fsp3) is 0.273. The molecule has 3 aliphatic heterocycles. The summed E-state index contributed by atoms with van der Waals surface area (Å²) in [6, 6.07) is 16.8. The monoisotopic (exact) mass is 629 g/mol. The Kier molecular flexibility index (Phi) is 6.77. The van der Waals surface area contributed by atoms with Crippen LogP contribution in [0.15, 0.2) is 66.7 Å². The van der Waals surface area contributed by atoms with Crippen LogP contribution >= 0.6 is 23.2 Å². The van der Waals surface area contributed by atoms with Crippen molar-refractivity contribution in [1.82, 2.24) is 14.5 Å². The first-order chi connectivity index (χ1) is 21.2. The van der Waals surface area contributed by atoms with E-state index in [1.807, 2.05) is 6.07 Å². The number of aromatic carboxylic acids is 1. The molecule has 0 radical (unpaired) electrons. The number of nitriles is 1. The maximum Gasteiger partial charge on any atom is 0.335 e. The number of nitrogens with zero attached hydrogens (tertiary/aromatic N) is 4. The van der Waals surface area contributed by atoms with Crippen LogP contribution in [0.4, 0.5) is 10.1 Å². The number of carboxylic acids is 1. The van der Waals surface area contributed by atoms with Crippen LogP contribution in [0, 0.1) is 17.1 Å². The first-order valence-corrected chi connectivity index (χ1v) is 15.0. The van der Waals surface area contributed by atoms with Gasteiger partial charge in [-0.3, -0.25) is 9.69 Å². The number of aromatic nitrogens is 2. The van der Waals surface area contributed by atoms with Crippen molar-refractivity contribution >= 4 is 51.8 Å². The molecular weight excluding hydrogens is 604 g/mol. The lowest BCUT2D eigenvalue weighted by Gasteiger charge is -2.40. The Morgan fingerprint density at radius 3 is 2.82 bits per heavy atom. The molecule has 1 aromatic heterocycles. The van der Waals surface area contributed by atoms with E-state index in [1.165, 1.54) is 6.07 Å². The van der Waals surface area contributed by atoms with Crippen LogP contribution in [-0.4, -0.2) is 44.0 Å². The number of aryl methyl sites for hydroxylation is 1. The SMILES string of the molecule is C=C(CCC#N)CN1[C@H]2CCn3c(nc4cc(C(=O)O)ccc43)[C@H]2[C@H](c2cccc(Cl)c2F)[C@]12C(=O)Nc1cc(Cl)ccc12. The molecule has 8 nitrogen and oxygen atoms in total. The van der Waals surface area contributed by atoms with Crippen LogP contribution in [0.1, 0.15) is 58.4 Å². The van der Waals surface area contributed by atoms with Gasteiger partial charge in [-0.1, -0.05) is 53.6 Å². The van der Waals surface area contributed by atoms with Gasteiger partial charge in [-0.15, -0.1) is 0 Å². The number of anilines is 1. The summed E-state index contributed by atoms with van der Waals surface area (Å²) in [4.78, 5) is 33.4. The van der Waals surface area contributed by atoms with Crippen molar-refractivity contribution in [2.24, 2.45) is 0 Å². The second kappa shape index (κ2) is 10.4. The van der Waals surface area contributed by atoms with Gasteiger partial charge in [-0.2, -0.15) is 5.26 Å². The zero-order valence-electron chi connectivity index (χ0n) is 23.4. The van der Waals surface area contributed by atoms with E-state index in [-0.39, 0.29) is 34.5 Å². The Hall–Kier alpha value is -4.23. The minimum Gasteiger partial charge on any atom is -0.478 e. The average molecular weight is 631 g/mol. The number of carbonyl (C=O) groups is 2. The van der Waals surface area contributed by atoms with E-state index in [1.54, 1.807) is 42.5 Å². The Morgan fingerprint density at radius 2 is 2.05 bits per heavy atom. The highest BCUT2D eigenvalue weighted by Gasteiger charge is 2.68. The smallest absolute Gasteiger partial charge is 0.335 e.